The Bertz CT molecular complexity index is 458. The van der Waals surface area contributed by atoms with Gasteiger partial charge in [-0.3, -0.25) is 0 Å². The lowest BCUT2D eigenvalue weighted by Crippen LogP contribution is -2.36. The summed E-state index contributed by atoms with van der Waals surface area (Å²) in [4.78, 5) is 0. The summed E-state index contributed by atoms with van der Waals surface area (Å²) >= 11 is 12.3. The van der Waals surface area contributed by atoms with Crippen LogP contribution in [-0.4, -0.2) is 23.5 Å². The SMILES string of the molecule is CC1(C)CCC(CC(CCl)(CCl)c2ccccc2F)O1. The van der Waals surface area contributed by atoms with Crippen molar-refractivity contribution < 1.29 is 9.13 Å². The minimum Gasteiger partial charge on any atom is -0.372 e. The zero-order chi connectivity index (χ0) is 14.8. The summed E-state index contributed by atoms with van der Waals surface area (Å²) in [7, 11) is 0. The van der Waals surface area contributed by atoms with Crippen LogP contribution in [-0.2, 0) is 10.2 Å². The number of halogens is 3. The Morgan fingerprint density at radius 3 is 2.45 bits per heavy atom. The average molecular weight is 319 g/mol. The number of benzene rings is 1. The van der Waals surface area contributed by atoms with E-state index in [0.29, 0.717) is 12.0 Å². The van der Waals surface area contributed by atoms with Gasteiger partial charge in [0.1, 0.15) is 5.82 Å². The third-order valence-electron chi connectivity index (χ3n) is 4.13. The van der Waals surface area contributed by atoms with E-state index in [9.17, 15) is 4.39 Å². The molecule has 1 aromatic rings. The molecule has 0 aliphatic carbocycles. The molecule has 1 unspecified atom stereocenters. The minimum atomic E-state index is -0.570. The van der Waals surface area contributed by atoms with E-state index in [2.05, 4.69) is 13.8 Å². The standard InChI is InChI=1S/C16H21Cl2FO/c1-15(2)8-7-12(20-15)9-16(10-17,11-18)13-5-3-4-6-14(13)19/h3-6,12H,7-11H2,1-2H3. The molecule has 0 N–H and O–H groups in total. The number of hydrogen-bond donors (Lipinski definition) is 0. The lowest BCUT2D eigenvalue weighted by atomic mass is 9.78. The van der Waals surface area contributed by atoms with Crippen LogP contribution < -0.4 is 0 Å². The largest absolute Gasteiger partial charge is 0.372 e. The molecule has 0 spiro atoms. The molecule has 1 heterocycles. The summed E-state index contributed by atoms with van der Waals surface area (Å²) in [6.07, 6.45) is 2.72. The first-order valence-corrected chi connectivity index (χ1v) is 8.04. The first-order valence-electron chi connectivity index (χ1n) is 6.97. The van der Waals surface area contributed by atoms with Crippen molar-refractivity contribution in [3.63, 3.8) is 0 Å². The van der Waals surface area contributed by atoms with Gasteiger partial charge in [0.2, 0.25) is 0 Å². The van der Waals surface area contributed by atoms with E-state index in [1.807, 2.05) is 6.07 Å². The topological polar surface area (TPSA) is 9.23 Å². The summed E-state index contributed by atoms with van der Waals surface area (Å²) in [5.41, 5.74) is -0.0811. The molecule has 0 saturated carbocycles. The van der Waals surface area contributed by atoms with E-state index >= 15 is 0 Å². The van der Waals surface area contributed by atoms with E-state index in [4.69, 9.17) is 27.9 Å². The maximum absolute atomic E-state index is 14.1. The van der Waals surface area contributed by atoms with Crippen LogP contribution in [0.25, 0.3) is 0 Å². The van der Waals surface area contributed by atoms with Crippen LogP contribution in [0.2, 0.25) is 0 Å². The molecule has 1 aromatic carbocycles. The van der Waals surface area contributed by atoms with Crippen molar-refractivity contribution in [1.29, 1.82) is 0 Å². The zero-order valence-corrected chi connectivity index (χ0v) is 13.5. The predicted molar refractivity (Wildman–Crippen MR) is 82.3 cm³/mol. The molecule has 1 aliphatic rings. The summed E-state index contributed by atoms with van der Waals surface area (Å²) in [6, 6.07) is 6.75. The lowest BCUT2D eigenvalue weighted by molar-refractivity contribution is -0.0251. The second-order valence-corrected chi connectivity index (χ2v) is 6.80. The molecule has 2 rings (SSSR count). The molecule has 1 atom stereocenters. The second-order valence-electron chi connectivity index (χ2n) is 6.27. The van der Waals surface area contributed by atoms with Crippen molar-refractivity contribution in [2.75, 3.05) is 11.8 Å². The monoisotopic (exact) mass is 318 g/mol. The fourth-order valence-corrected chi connectivity index (χ4v) is 3.74. The van der Waals surface area contributed by atoms with Gasteiger partial charge < -0.3 is 4.74 Å². The van der Waals surface area contributed by atoms with Crippen LogP contribution in [0.4, 0.5) is 4.39 Å². The molecular weight excluding hydrogens is 298 g/mol. The molecule has 1 fully saturated rings. The smallest absolute Gasteiger partial charge is 0.127 e. The Labute approximate surface area is 130 Å². The average Bonchev–Trinajstić information content (AvgIpc) is 2.76. The molecule has 0 aromatic heterocycles. The summed E-state index contributed by atoms with van der Waals surface area (Å²) in [6.45, 7) is 4.17. The van der Waals surface area contributed by atoms with Gasteiger partial charge >= 0.3 is 0 Å². The van der Waals surface area contributed by atoms with Gasteiger partial charge in [0.05, 0.1) is 11.7 Å². The first kappa shape index (κ1) is 16.1. The summed E-state index contributed by atoms with van der Waals surface area (Å²) in [5.74, 6) is 0.334. The highest BCUT2D eigenvalue weighted by atomic mass is 35.5. The number of rotatable bonds is 5. The predicted octanol–water partition coefficient (Wildman–Crippen LogP) is 4.89. The molecule has 20 heavy (non-hydrogen) atoms. The van der Waals surface area contributed by atoms with Gasteiger partial charge in [-0.05, 0) is 44.7 Å². The maximum atomic E-state index is 14.1. The molecule has 112 valence electrons. The quantitative estimate of drug-likeness (QED) is 0.702. The van der Waals surface area contributed by atoms with Crippen molar-refractivity contribution >= 4 is 23.2 Å². The van der Waals surface area contributed by atoms with Gasteiger partial charge in [-0.1, -0.05) is 18.2 Å². The molecule has 0 radical (unpaired) electrons. The number of hydrogen-bond acceptors (Lipinski definition) is 1. The highest BCUT2D eigenvalue weighted by Gasteiger charge is 2.40. The fraction of sp³-hybridized carbons (Fsp3) is 0.625. The Morgan fingerprint density at radius 1 is 1.30 bits per heavy atom. The normalized spacial score (nSPS) is 22.1. The van der Waals surface area contributed by atoms with Crippen LogP contribution in [0.15, 0.2) is 24.3 Å². The Kier molecular flexibility index (Phi) is 4.99. The Balaban J connectivity index is 2.25. The molecule has 0 amide bonds. The molecule has 0 bridgehead atoms. The van der Waals surface area contributed by atoms with E-state index < -0.39 is 5.41 Å². The van der Waals surface area contributed by atoms with Gasteiger partial charge in [0.15, 0.2) is 0 Å². The minimum absolute atomic E-state index is 0.0853. The van der Waals surface area contributed by atoms with Crippen molar-refractivity contribution in [3.05, 3.63) is 35.6 Å². The van der Waals surface area contributed by atoms with Gasteiger partial charge in [-0.15, -0.1) is 23.2 Å². The Morgan fingerprint density at radius 2 is 1.95 bits per heavy atom. The molecule has 1 aliphatic heterocycles. The zero-order valence-electron chi connectivity index (χ0n) is 12.0. The van der Waals surface area contributed by atoms with E-state index in [1.54, 1.807) is 12.1 Å². The van der Waals surface area contributed by atoms with Gasteiger partial charge in [0, 0.05) is 17.2 Å². The summed E-state index contributed by atoms with van der Waals surface area (Å²) in [5, 5.41) is 0. The van der Waals surface area contributed by atoms with Crippen LogP contribution in [0.3, 0.4) is 0 Å². The van der Waals surface area contributed by atoms with Crippen LogP contribution in [0.5, 0.6) is 0 Å². The maximum Gasteiger partial charge on any atom is 0.127 e. The lowest BCUT2D eigenvalue weighted by Gasteiger charge is -2.33. The summed E-state index contributed by atoms with van der Waals surface area (Å²) < 4.78 is 20.2. The fourth-order valence-electron chi connectivity index (χ4n) is 2.95. The van der Waals surface area contributed by atoms with E-state index in [0.717, 1.165) is 12.8 Å². The van der Waals surface area contributed by atoms with E-state index in [-0.39, 0.29) is 29.3 Å². The second kappa shape index (κ2) is 6.21. The molecule has 1 saturated heterocycles. The van der Waals surface area contributed by atoms with Crippen molar-refractivity contribution in [3.8, 4) is 0 Å². The van der Waals surface area contributed by atoms with Gasteiger partial charge in [0.25, 0.3) is 0 Å². The van der Waals surface area contributed by atoms with Gasteiger partial charge in [-0.2, -0.15) is 0 Å². The Hall–Kier alpha value is -0.310. The third kappa shape index (κ3) is 3.29. The highest BCUT2D eigenvalue weighted by Crippen LogP contribution is 2.40. The molecule has 1 nitrogen and oxygen atoms in total. The number of alkyl halides is 2. The third-order valence-corrected chi connectivity index (χ3v) is 5.15. The van der Waals surface area contributed by atoms with E-state index in [1.165, 1.54) is 6.07 Å². The van der Waals surface area contributed by atoms with Crippen LogP contribution in [0.1, 0.15) is 38.7 Å². The van der Waals surface area contributed by atoms with Gasteiger partial charge in [-0.25, -0.2) is 4.39 Å². The van der Waals surface area contributed by atoms with Crippen LogP contribution in [0, 0.1) is 5.82 Å². The number of ether oxygens (including phenoxy) is 1. The highest BCUT2D eigenvalue weighted by molar-refractivity contribution is 6.22. The van der Waals surface area contributed by atoms with Crippen molar-refractivity contribution in [2.45, 2.75) is 50.2 Å². The molecule has 4 heteroatoms. The van der Waals surface area contributed by atoms with Crippen LogP contribution >= 0.6 is 23.2 Å². The van der Waals surface area contributed by atoms with Crippen molar-refractivity contribution in [2.24, 2.45) is 0 Å². The van der Waals surface area contributed by atoms with Crippen molar-refractivity contribution in [1.82, 2.24) is 0 Å². The molecular formula is C16H21Cl2FO. The first-order chi connectivity index (χ1) is 9.42.